The van der Waals surface area contributed by atoms with Crippen LogP contribution in [-0.2, 0) is 6.54 Å². The van der Waals surface area contributed by atoms with Crippen LogP contribution >= 0.6 is 0 Å². The van der Waals surface area contributed by atoms with Crippen LogP contribution in [0.15, 0.2) is 36.8 Å². The lowest BCUT2D eigenvalue weighted by atomic mass is 10.2. The number of nitrogens with two attached hydrogens (primary N) is 1. The predicted octanol–water partition coefficient (Wildman–Crippen LogP) is 1.40. The van der Waals surface area contributed by atoms with E-state index in [2.05, 4.69) is 10.3 Å². The van der Waals surface area contributed by atoms with Gasteiger partial charge in [0.05, 0.1) is 6.33 Å². The smallest absolute Gasteiger partial charge is 0.275 e. The molecule has 5 heteroatoms. The summed E-state index contributed by atoms with van der Waals surface area (Å²) in [5.74, 6) is -0.212. The number of carbonyl (C=O) groups excluding carboxylic acids is 1. The predicted molar refractivity (Wildman–Crippen MR) is 70.4 cm³/mol. The van der Waals surface area contributed by atoms with Gasteiger partial charge in [0.25, 0.3) is 5.91 Å². The molecule has 5 nitrogen and oxygen atoms in total. The van der Waals surface area contributed by atoms with Gasteiger partial charge in [-0.15, -0.1) is 0 Å². The van der Waals surface area contributed by atoms with Gasteiger partial charge in [0.15, 0.2) is 0 Å². The fourth-order valence-corrected chi connectivity index (χ4v) is 1.67. The number of nitrogens with zero attached hydrogens (tertiary/aromatic N) is 2. The fourth-order valence-electron chi connectivity index (χ4n) is 1.67. The average molecular weight is 244 g/mol. The Bertz CT molecular complexity index is 547. The van der Waals surface area contributed by atoms with Gasteiger partial charge in [0.1, 0.15) is 5.69 Å². The Morgan fingerprint density at radius 2 is 2.33 bits per heavy atom. The summed E-state index contributed by atoms with van der Waals surface area (Å²) >= 11 is 0. The first-order valence-corrected chi connectivity index (χ1v) is 5.79. The maximum Gasteiger partial charge on any atom is 0.275 e. The molecule has 0 aliphatic rings. The molecule has 1 aromatic heterocycles. The van der Waals surface area contributed by atoms with Crippen molar-refractivity contribution in [1.29, 1.82) is 0 Å². The molecule has 0 unspecified atom stereocenters. The highest BCUT2D eigenvalue weighted by Crippen LogP contribution is 2.10. The number of amides is 1. The molecule has 1 aromatic carbocycles. The Kier molecular flexibility index (Phi) is 3.74. The number of imidazole rings is 1. The highest BCUT2D eigenvalue weighted by Gasteiger charge is 2.09. The molecule has 0 bridgehead atoms. The molecular formula is C13H16N4O. The van der Waals surface area contributed by atoms with E-state index in [-0.39, 0.29) is 5.91 Å². The molecule has 0 saturated heterocycles. The summed E-state index contributed by atoms with van der Waals surface area (Å²) in [4.78, 5) is 16.0. The Morgan fingerprint density at radius 1 is 1.50 bits per heavy atom. The van der Waals surface area contributed by atoms with Crippen molar-refractivity contribution in [3.05, 3.63) is 48.0 Å². The first-order chi connectivity index (χ1) is 8.69. The van der Waals surface area contributed by atoms with E-state index in [4.69, 9.17) is 5.73 Å². The Hall–Kier alpha value is -2.14. The zero-order valence-electron chi connectivity index (χ0n) is 10.3. The SMILES string of the molecule is Cc1cccc(NC(=O)c2cn(CCN)cn2)c1. The number of hydrogen-bond acceptors (Lipinski definition) is 3. The average Bonchev–Trinajstić information content (AvgIpc) is 2.78. The summed E-state index contributed by atoms with van der Waals surface area (Å²) in [5, 5.41) is 2.81. The van der Waals surface area contributed by atoms with E-state index in [1.54, 1.807) is 17.1 Å². The topological polar surface area (TPSA) is 72.9 Å². The molecule has 1 amide bonds. The van der Waals surface area contributed by atoms with Crippen LogP contribution in [0.25, 0.3) is 0 Å². The third kappa shape index (κ3) is 2.95. The summed E-state index contributed by atoms with van der Waals surface area (Å²) in [6.45, 7) is 3.16. The molecule has 1 heterocycles. The van der Waals surface area contributed by atoms with E-state index in [0.29, 0.717) is 18.8 Å². The summed E-state index contributed by atoms with van der Waals surface area (Å²) in [6, 6.07) is 7.64. The number of hydrogen-bond donors (Lipinski definition) is 2. The molecule has 18 heavy (non-hydrogen) atoms. The number of nitrogens with one attached hydrogen (secondary N) is 1. The van der Waals surface area contributed by atoms with Crippen LogP contribution in [0.1, 0.15) is 16.1 Å². The van der Waals surface area contributed by atoms with Crippen molar-refractivity contribution in [2.45, 2.75) is 13.5 Å². The van der Waals surface area contributed by atoms with Crippen molar-refractivity contribution in [1.82, 2.24) is 9.55 Å². The molecule has 0 aliphatic carbocycles. The molecule has 94 valence electrons. The summed E-state index contributed by atoms with van der Waals surface area (Å²) in [6.07, 6.45) is 3.30. The first kappa shape index (κ1) is 12.3. The number of aromatic nitrogens is 2. The van der Waals surface area contributed by atoms with E-state index in [0.717, 1.165) is 11.3 Å². The van der Waals surface area contributed by atoms with E-state index in [9.17, 15) is 4.79 Å². The number of rotatable bonds is 4. The Balaban J connectivity index is 2.07. The quantitative estimate of drug-likeness (QED) is 0.854. The van der Waals surface area contributed by atoms with Gasteiger partial charge < -0.3 is 15.6 Å². The third-order valence-corrected chi connectivity index (χ3v) is 2.53. The largest absolute Gasteiger partial charge is 0.335 e. The summed E-state index contributed by atoms with van der Waals surface area (Å²) < 4.78 is 1.80. The molecule has 2 rings (SSSR count). The number of carbonyl (C=O) groups is 1. The first-order valence-electron chi connectivity index (χ1n) is 5.79. The fraction of sp³-hybridized carbons (Fsp3) is 0.231. The minimum atomic E-state index is -0.212. The second-order valence-electron chi connectivity index (χ2n) is 4.11. The maximum atomic E-state index is 11.9. The van der Waals surface area contributed by atoms with Gasteiger partial charge in [-0.2, -0.15) is 0 Å². The molecule has 0 atom stereocenters. The summed E-state index contributed by atoms with van der Waals surface area (Å²) in [7, 11) is 0. The molecular weight excluding hydrogens is 228 g/mol. The van der Waals surface area contributed by atoms with Crippen molar-refractivity contribution < 1.29 is 4.79 Å². The molecule has 0 fully saturated rings. The molecule has 0 saturated carbocycles. The highest BCUT2D eigenvalue weighted by atomic mass is 16.1. The monoisotopic (exact) mass is 244 g/mol. The minimum Gasteiger partial charge on any atom is -0.335 e. The third-order valence-electron chi connectivity index (χ3n) is 2.53. The van der Waals surface area contributed by atoms with Gasteiger partial charge in [0.2, 0.25) is 0 Å². The lowest BCUT2D eigenvalue weighted by Crippen LogP contribution is -2.12. The van der Waals surface area contributed by atoms with Gasteiger partial charge in [-0.1, -0.05) is 12.1 Å². The van der Waals surface area contributed by atoms with Crippen LogP contribution < -0.4 is 11.1 Å². The van der Waals surface area contributed by atoms with E-state index in [1.807, 2.05) is 31.2 Å². The zero-order valence-corrected chi connectivity index (χ0v) is 10.3. The normalized spacial score (nSPS) is 10.3. The van der Waals surface area contributed by atoms with Crippen LogP contribution in [0, 0.1) is 6.92 Å². The zero-order chi connectivity index (χ0) is 13.0. The number of benzene rings is 1. The van der Waals surface area contributed by atoms with Gasteiger partial charge in [-0.25, -0.2) is 4.98 Å². The standard InChI is InChI=1S/C13H16N4O/c1-10-3-2-4-11(7-10)16-13(18)12-8-17(6-5-14)9-15-12/h2-4,7-9H,5-6,14H2,1H3,(H,16,18). The van der Waals surface area contributed by atoms with Crippen molar-refractivity contribution in [2.75, 3.05) is 11.9 Å². The van der Waals surface area contributed by atoms with Gasteiger partial charge in [-0.3, -0.25) is 4.79 Å². The van der Waals surface area contributed by atoms with Crippen molar-refractivity contribution in [3.8, 4) is 0 Å². The Morgan fingerprint density at radius 3 is 3.06 bits per heavy atom. The lowest BCUT2D eigenvalue weighted by Gasteiger charge is -2.03. The second kappa shape index (κ2) is 5.46. The highest BCUT2D eigenvalue weighted by molar-refractivity contribution is 6.02. The molecule has 0 aliphatic heterocycles. The molecule has 0 spiro atoms. The van der Waals surface area contributed by atoms with Gasteiger partial charge >= 0.3 is 0 Å². The van der Waals surface area contributed by atoms with E-state index >= 15 is 0 Å². The van der Waals surface area contributed by atoms with Crippen LogP contribution in [0.2, 0.25) is 0 Å². The second-order valence-corrected chi connectivity index (χ2v) is 4.11. The molecule has 2 aromatic rings. The van der Waals surface area contributed by atoms with E-state index < -0.39 is 0 Å². The lowest BCUT2D eigenvalue weighted by molar-refractivity contribution is 0.102. The number of anilines is 1. The summed E-state index contributed by atoms with van der Waals surface area (Å²) in [5.41, 5.74) is 7.70. The van der Waals surface area contributed by atoms with E-state index in [1.165, 1.54) is 0 Å². The van der Waals surface area contributed by atoms with Crippen molar-refractivity contribution in [2.24, 2.45) is 5.73 Å². The Labute approximate surface area is 106 Å². The minimum absolute atomic E-state index is 0.212. The maximum absolute atomic E-state index is 11.9. The van der Waals surface area contributed by atoms with Crippen molar-refractivity contribution >= 4 is 11.6 Å². The van der Waals surface area contributed by atoms with Crippen LogP contribution in [0.5, 0.6) is 0 Å². The van der Waals surface area contributed by atoms with Crippen LogP contribution in [0.4, 0.5) is 5.69 Å². The van der Waals surface area contributed by atoms with Crippen LogP contribution in [-0.4, -0.2) is 22.0 Å². The van der Waals surface area contributed by atoms with Crippen molar-refractivity contribution in [3.63, 3.8) is 0 Å². The van der Waals surface area contributed by atoms with Crippen LogP contribution in [0.3, 0.4) is 0 Å². The van der Waals surface area contributed by atoms with Gasteiger partial charge in [0, 0.05) is 25.0 Å². The molecule has 3 N–H and O–H groups in total. The number of aryl methyl sites for hydroxylation is 1. The van der Waals surface area contributed by atoms with Gasteiger partial charge in [-0.05, 0) is 24.6 Å². The molecule has 0 radical (unpaired) electrons.